The Labute approximate surface area is 155 Å². The molecule has 4 rings (SSSR count). The van der Waals surface area contributed by atoms with Crippen LogP contribution in [-0.4, -0.2) is 23.5 Å². The van der Waals surface area contributed by atoms with Crippen molar-refractivity contribution in [3.63, 3.8) is 0 Å². The lowest BCUT2D eigenvalue weighted by Crippen LogP contribution is -2.36. The number of carbonyl (C=O) groups is 1. The molecule has 0 spiro atoms. The van der Waals surface area contributed by atoms with E-state index in [0.29, 0.717) is 18.6 Å². The van der Waals surface area contributed by atoms with E-state index in [1.165, 1.54) is 61.6 Å². The molecule has 1 aromatic heterocycles. The Kier molecular flexibility index (Phi) is 5.11. The topological polar surface area (TPSA) is 56.9 Å². The maximum absolute atomic E-state index is 12.3. The quantitative estimate of drug-likeness (QED) is 0.700. The summed E-state index contributed by atoms with van der Waals surface area (Å²) in [6, 6.07) is 7.09. The third kappa shape index (κ3) is 3.43. The number of H-pyrrole nitrogens is 1. The van der Waals surface area contributed by atoms with E-state index in [0.717, 1.165) is 17.5 Å². The molecule has 4 heteroatoms. The molecule has 2 aliphatic rings. The fraction of sp³-hybridized carbons (Fsp3) is 0.500. The van der Waals surface area contributed by atoms with Crippen LogP contribution in [0, 0.1) is 0 Å². The molecule has 1 atom stereocenters. The van der Waals surface area contributed by atoms with Crippen LogP contribution >= 0.6 is 0 Å². The van der Waals surface area contributed by atoms with Crippen molar-refractivity contribution in [2.45, 2.75) is 63.5 Å². The lowest BCUT2D eigenvalue weighted by molar-refractivity contribution is 0.0958. The smallest absolute Gasteiger partial charge is 0.251 e. The van der Waals surface area contributed by atoms with E-state index in [1.807, 2.05) is 18.2 Å². The standard InChI is InChI=1S/C22H29N3O/c1-2-13-23-22(26)15-11-12-19-18(14-15)17-9-6-10-20(21(17)25-19)24-16-7-4-3-5-8-16/h2,11-12,14,16,20,24-25H,1,3-10,13H2,(H,23,26). The molecule has 26 heavy (non-hydrogen) atoms. The van der Waals surface area contributed by atoms with Crippen LogP contribution < -0.4 is 10.6 Å². The van der Waals surface area contributed by atoms with Crippen LogP contribution in [0.2, 0.25) is 0 Å². The van der Waals surface area contributed by atoms with Crippen LogP contribution in [0.5, 0.6) is 0 Å². The van der Waals surface area contributed by atoms with Crippen molar-refractivity contribution in [3.05, 3.63) is 47.7 Å². The normalized spacial score (nSPS) is 20.7. The van der Waals surface area contributed by atoms with Gasteiger partial charge >= 0.3 is 0 Å². The Bertz CT molecular complexity index is 801. The zero-order valence-corrected chi connectivity index (χ0v) is 15.4. The number of aromatic nitrogens is 1. The first-order chi connectivity index (χ1) is 12.8. The zero-order chi connectivity index (χ0) is 17.9. The van der Waals surface area contributed by atoms with Crippen LogP contribution in [0.1, 0.15) is 72.6 Å². The average Bonchev–Trinajstić information content (AvgIpc) is 3.06. The molecular formula is C22H29N3O. The summed E-state index contributed by atoms with van der Waals surface area (Å²) in [6.45, 7) is 4.15. The van der Waals surface area contributed by atoms with Crippen molar-refractivity contribution >= 4 is 16.8 Å². The van der Waals surface area contributed by atoms with Gasteiger partial charge in [0.15, 0.2) is 0 Å². The molecule has 0 radical (unpaired) electrons. The number of nitrogens with one attached hydrogen (secondary N) is 3. The monoisotopic (exact) mass is 351 g/mol. The van der Waals surface area contributed by atoms with Crippen LogP contribution in [-0.2, 0) is 6.42 Å². The molecule has 0 saturated heterocycles. The van der Waals surface area contributed by atoms with Gasteiger partial charge in [-0.3, -0.25) is 4.79 Å². The molecular weight excluding hydrogens is 322 g/mol. The SMILES string of the molecule is C=CCNC(=O)c1ccc2[nH]c3c(c2c1)CCCC3NC1CCCCC1. The van der Waals surface area contributed by atoms with E-state index in [9.17, 15) is 4.79 Å². The number of aromatic amines is 1. The minimum absolute atomic E-state index is 0.0329. The maximum Gasteiger partial charge on any atom is 0.251 e. The van der Waals surface area contributed by atoms with Gasteiger partial charge in [0.05, 0.1) is 0 Å². The predicted molar refractivity (Wildman–Crippen MR) is 107 cm³/mol. The number of rotatable bonds is 5. The fourth-order valence-electron chi connectivity index (χ4n) is 4.59. The third-order valence-corrected chi connectivity index (χ3v) is 5.92. The molecule has 1 heterocycles. The Morgan fingerprint density at radius 1 is 1.19 bits per heavy atom. The fourth-order valence-corrected chi connectivity index (χ4v) is 4.59. The van der Waals surface area contributed by atoms with E-state index >= 15 is 0 Å². The summed E-state index contributed by atoms with van der Waals surface area (Å²) >= 11 is 0. The van der Waals surface area contributed by atoms with E-state index in [2.05, 4.69) is 22.2 Å². The first-order valence-corrected chi connectivity index (χ1v) is 10.1. The molecule has 4 nitrogen and oxygen atoms in total. The average molecular weight is 351 g/mol. The van der Waals surface area contributed by atoms with Crippen molar-refractivity contribution in [1.82, 2.24) is 15.6 Å². The van der Waals surface area contributed by atoms with Crippen molar-refractivity contribution in [1.29, 1.82) is 0 Å². The van der Waals surface area contributed by atoms with Gasteiger partial charge in [-0.25, -0.2) is 0 Å². The lowest BCUT2D eigenvalue weighted by atomic mass is 9.89. The second-order valence-electron chi connectivity index (χ2n) is 7.72. The summed E-state index contributed by atoms with van der Waals surface area (Å²) < 4.78 is 0. The highest BCUT2D eigenvalue weighted by atomic mass is 16.1. The summed E-state index contributed by atoms with van der Waals surface area (Å²) in [5.74, 6) is -0.0329. The largest absolute Gasteiger partial charge is 0.357 e. The van der Waals surface area contributed by atoms with Crippen LogP contribution in [0.25, 0.3) is 10.9 Å². The van der Waals surface area contributed by atoms with E-state index in [4.69, 9.17) is 0 Å². The second-order valence-corrected chi connectivity index (χ2v) is 7.72. The number of hydrogen-bond acceptors (Lipinski definition) is 2. The zero-order valence-electron chi connectivity index (χ0n) is 15.4. The Hall–Kier alpha value is -2.07. The first kappa shape index (κ1) is 17.3. The molecule has 138 valence electrons. The number of hydrogen-bond donors (Lipinski definition) is 3. The van der Waals surface area contributed by atoms with E-state index < -0.39 is 0 Å². The number of benzene rings is 1. The van der Waals surface area contributed by atoms with Crippen LogP contribution in [0.3, 0.4) is 0 Å². The van der Waals surface area contributed by atoms with Crippen molar-refractivity contribution < 1.29 is 4.79 Å². The summed E-state index contributed by atoms with van der Waals surface area (Å²) in [5.41, 5.74) is 4.62. The number of carbonyl (C=O) groups excluding carboxylic acids is 1. The number of amides is 1. The maximum atomic E-state index is 12.3. The van der Waals surface area contributed by atoms with Gasteiger partial charge in [-0.15, -0.1) is 6.58 Å². The van der Waals surface area contributed by atoms with Gasteiger partial charge in [0.25, 0.3) is 5.91 Å². The molecule has 2 aromatic rings. The molecule has 1 saturated carbocycles. The van der Waals surface area contributed by atoms with Gasteiger partial charge < -0.3 is 15.6 Å². The van der Waals surface area contributed by atoms with Crippen LogP contribution in [0.4, 0.5) is 0 Å². The molecule has 1 aromatic carbocycles. The highest BCUT2D eigenvalue weighted by molar-refractivity contribution is 5.99. The number of aryl methyl sites for hydroxylation is 1. The molecule has 1 amide bonds. The Morgan fingerprint density at radius 2 is 2.04 bits per heavy atom. The van der Waals surface area contributed by atoms with Crippen molar-refractivity contribution in [2.75, 3.05) is 6.54 Å². The van der Waals surface area contributed by atoms with Crippen molar-refractivity contribution in [2.24, 2.45) is 0 Å². The molecule has 0 aliphatic heterocycles. The van der Waals surface area contributed by atoms with Gasteiger partial charge in [0.1, 0.15) is 0 Å². The summed E-state index contributed by atoms with van der Waals surface area (Å²) in [6.07, 6.45) is 11.9. The van der Waals surface area contributed by atoms with Gasteiger partial charge in [0, 0.05) is 40.8 Å². The summed E-state index contributed by atoms with van der Waals surface area (Å²) in [5, 5.41) is 8.00. The number of fused-ring (bicyclic) bond motifs is 3. The first-order valence-electron chi connectivity index (χ1n) is 10.1. The minimum Gasteiger partial charge on any atom is -0.357 e. The van der Waals surface area contributed by atoms with Gasteiger partial charge in [-0.2, -0.15) is 0 Å². The minimum atomic E-state index is -0.0329. The summed E-state index contributed by atoms with van der Waals surface area (Å²) in [7, 11) is 0. The predicted octanol–water partition coefficient (Wildman–Crippen LogP) is 4.38. The van der Waals surface area contributed by atoms with Gasteiger partial charge in [-0.1, -0.05) is 25.3 Å². The summed E-state index contributed by atoms with van der Waals surface area (Å²) in [4.78, 5) is 15.9. The highest BCUT2D eigenvalue weighted by Gasteiger charge is 2.27. The Morgan fingerprint density at radius 3 is 2.85 bits per heavy atom. The molecule has 3 N–H and O–H groups in total. The van der Waals surface area contributed by atoms with E-state index in [1.54, 1.807) is 6.08 Å². The lowest BCUT2D eigenvalue weighted by Gasteiger charge is -2.31. The Balaban J connectivity index is 1.60. The highest BCUT2D eigenvalue weighted by Crippen LogP contribution is 2.36. The third-order valence-electron chi connectivity index (χ3n) is 5.92. The second kappa shape index (κ2) is 7.67. The molecule has 0 bridgehead atoms. The van der Waals surface area contributed by atoms with Crippen LogP contribution in [0.15, 0.2) is 30.9 Å². The van der Waals surface area contributed by atoms with Crippen molar-refractivity contribution in [3.8, 4) is 0 Å². The van der Waals surface area contributed by atoms with E-state index in [-0.39, 0.29) is 5.91 Å². The van der Waals surface area contributed by atoms with Gasteiger partial charge in [-0.05, 0) is 55.9 Å². The molecule has 2 aliphatic carbocycles. The molecule has 1 unspecified atom stereocenters. The molecule has 1 fully saturated rings. The van der Waals surface area contributed by atoms with Gasteiger partial charge in [0.2, 0.25) is 0 Å².